The number of ether oxygens (including phenoxy) is 2. The van der Waals surface area contributed by atoms with Crippen LogP contribution in [-0.4, -0.2) is 93.5 Å². The zero-order valence-corrected chi connectivity index (χ0v) is 25.0. The van der Waals surface area contributed by atoms with E-state index in [0.717, 1.165) is 73.2 Å². The third kappa shape index (κ3) is 5.96. The third-order valence-corrected chi connectivity index (χ3v) is 9.45. The number of pyridine rings is 1. The summed E-state index contributed by atoms with van der Waals surface area (Å²) in [5.41, 5.74) is 12.2. The Bertz CT molecular complexity index is 1340. The first-order valence-corrected chi connectivity index (χ1v) is 15.5. The Morgan fingerprint density at radius 3 is 2.44 bits per heavy atom. The van der Waals surface area contributed by atoms with Gasteiger partial charge in [-0.15, -0.1) is 0 Å². The number of piperazine rings is 1. The maximum Gasteiger partial charge on any atom is 0.142 e. The minimum atomic E-state index is 0.425. The first-order chi connectivity index (χ1) is 20.0. The van der Waals surface area contributed by atoms with Gasteiger partial charge in [-0.3, -0.25) is 4.90 Å². The Hall–Kier alpha value is -3.07. The fourth-order valence-electron chi connectivity index (χ4n) is 6.84. The molecule has 2 aromatic carbocycles. The van der Waals surface area contributed by atoms with E-state index in [-0.39, 0.29) is 0 Å². The van der Waals surface area contributed by atoms with Crippen LogP contribution in [-0.2, 0) is 11.2 Å². The summed E-state index contributed by atoms with van der Waals surface area (Å²) in [7, 11) is 4.01. The summed E-state index contributed by atoms with van der Waals surface area (Å²) in [6.07, 6.45) is 7.29. The largest absolute Gasteiger partial charge is 0.495 e. The van der Waals surface area contributed by atoms with Crippen LogP contribution in [0.1, 0.15) is 38.2 Å². The average molecular weight is 559 g/mol. The van der Waals surface area contributed by atoms with E-state index in [1.54, 1.807) is 7.11 Å². The predicted octanol–water partition coefficient (Wildman–Crippen LogP) is 4.86. The molecule has 0 saturated carbocycles. The number of methoxy groups -OCH3 is 1. The lowest BCUT2D eigenvalue weighted by Crippen LogP contribution is -2.52. The number of nitrogens with zero attached hydrogens (tertiary/aromatic N) is 4. The van der Waals surface area contributed by atoms with Crippen LogP contribution in [0, 0.1) is 0 Å². The normalized spacial score (nSPS) is 20.0. The lowest BCUT2D eigenvalue weighted by atomic mass is 9.95. The molecule has 0 bridgehead atoms. The molecular formula is C33H46N6O2. The van der Waals surface area contributed by atoms with E-state index < -0.39 is 0 Å². The Kier molecular flexibility index (Phi) is 8.51. The first-order valence-electron chi connectivity index (χ1n) is 15.5. The molecule has 220 valence electrons. The van der Waals surface area contributed by atoms with Gasteiger partial charge in [-0.1, -0.05) is 13.0 Å². The van der Waals surface area contributed by atoms with Gasteiger partial charge in [0.1, 0.15) is 11.6 Å². The van der Waals surface area contributed by atoms with Gasteiger partial charge in [0.15, 0.2) is 0 Å². The van der Waals surface area contributed by atoms with Crippen LogP contribution in [0.2, 0.25) is 0 Å². The molecule has 3 fully saturated rings. The summed E-state index contributed by atoms with van der Waals surface area (Å²) in [5, 5.41) is 5.94. The predicted molar refractivity (Wildman–Crippen MR) is 169 cm³/mol. The van der Waals surface area contributed by atoms with Gasteiger partial charge in [-0.25, -0.2) is 4.98 Å². The molecule has 3 aliphatic heterocycles. The second-order valence-corrected chi connectivity index (χ2v) is 11.9. The summed E-state index contributed by atoms with van der Waals surface area (Å²) in [4.78, 5) is 12.2. The smallest absolute Gasteiger partial charge is 0.142 e. The summed E-state index contributed by atoms with van der Waals surface area (Å²) >= 11 is 0. The van der Waals surface area contributed by atoms with Crippen molar-refractivity contribution in [2.24, 2.45) is 0 Å². The molecule has 4 heterocycles. The highest BCUT2D eigenvalue weighted by molar-refractivity contribution is 6.03. The van der Waals surface area contributed by atoms with E-state index in [1.165, 1.54) is 56.0 Å². The maximum absolute atomic E-state index is 6.43. The van der Waals surface area contributed by atoms with E-state index in [9.17, 15) is 0 Å². The van der Waals surface area contributed by atoms with E-state index in [1.807, 2.05) is 6.20 Å². The zero-order valence-electron chi connectivity index (χ0n) is 25.0. The van der Waals surface area contributed by atoms with Gasteiger partial charge in [0, 0.05) is 87.4 Å². The molecule has 3 aromatic rings. The highest BCUT2D eigenvalue weighted by atomic mass is 16.5. The van der Waals surface area contributed by atoms with Crippen LogP contribution in [0.3, 0.4) is 0 Å². The molecule has 3 saturated heterocycles. The number of anilines is 3. The number of nitrogens with two attached hydrogens (primary N) is 1. The molecule has 1 aromatic heterocycles. The number of hydrogen-bond donors (Lipinski definition) is 2. The summed E-state index contributed by atoms with van der Waals surface area (Å²) < 4.78 is 11.6. The van der Waals surface area contributed by atoms with Crippen molar-refractivity contribution in [1.29, 1.82) is 0 Å². The van der Waals surface area contributed by atoms with E-state index >= 15 is 0 Å². The van der Waals surface area contributed by atoms with Crippen molar-refractivity contribution in [3.05, 3.63) is 42.1 Å². The van der Waals surface area contributed by atoms with Gasteiger partial charge in [-0.05, 0) is 79.9 Å². The van der Waals surface area contributed by atoms with E-state index in [0.29, 0.717) is 17.9 Å². The fraction of sp³-hybridized carbons (Fsp3) is 0.545. The topological polar surface area (TPSA) is 79.1 Å². The standard InChI is InChI=1S/C33H46N6O2/c1-4-23-19-28-27(21-30(23)36-25-9-17-41-18-10-25)29(22-35-33(28)34)24-5-6-31(32(20-24)40-3)39-11-7-26(8-12-39)38-15-13-37(2)14-16-38/h5-6,19-22,25-26,36H,4,7-18H2,1-3H3,(H2,34,35). The molecule has 3 aliphatic rings. The van der Waals surface area contributed by atoms with Crippen molar-refractivity contribution in [1.82, 2.24) is 14.8 Å². The van der Waals surface area contributed by atoms with Gasteiger partial charge in [-0.2, -0.15) is 0 Å². The quantitative estimate of drug-likeness (QED) is 0.426. The van der Waals surface area contributed by atoms with Gasteiger partial charge < -0.3 is 30.3 Å². The van der Waals surface area contributed by atoms with Crippen molar-refractivity contribution >= 4 is 28.0 Å². The van der Waals surface area contributed by atoms with Gasteiger partial charge >= 0.3 is 0 Å². The number of nitrogens with one attached hydrogen (secondary N) is 1. The van der Waals surface area contributed by atoms with Crippen molar-refractivity contribution in [2.45, 2.75) is 51.1 Å². The second kappa shape index (κ2) is 12.4. The highest BCUT2D eigenvalue weighted by Gasteiger charge is 2.28. The van der Waals surface area contributed by atoms with Crippen molar-refractivity contribution < 1.29 is 9.47 Å². The van der Waals surface area contributed by atoms with Gasteiger partial charge in [0.05, 0.1) is 12.8 Å². The number of likely N-dealkylation sites (N-methyl/N-ethyl adjacent to an activating group) is 1. The molecule has 0 atom stereocenters. The van der Waals surface area contributed by atoms with Crippen molar-refractivity contribution in [3.8, 4) is 16.9 Å². The summed E-state index contributed by atoms with van der Waals surface area (Å²) in [5.74, 6) is 1.49. The SMILES string of the molecule is CCc1cc2c(N)ncc(-c3ccc(N4CCC(N5CCN(C)CC5)CC4)c(OC)c3)c2cc1NC1CCOCC1. The average Bonchev–Trinajstić information content (AvgIpc) is 3.02. The van der Waals surface area contributed by atoms with Crippen LogP contribution >= 0.6 is 0 Å². The summed E-state index contributed by atoms with van der Waals surface area (Å²) in [6, 6.07) is 12.2. The number of benzene rings is 2. The minimum absolute atomic E-state index is 0.425. The Labute approximate surface area is 244 Å². The number of fused-ring (bicyclic) bond motifs is 1. The molecule has 0 aliphatic carbocycles. The van der Waals surface area contributed by atoms with Gasteiger partial charge in [0.2, 0.25) is 0 Å². The van der Waals surface area contributed by atoms with Gasteiger partial charge in [0.25, 0.3) is 0 Å². The molecule has 3 N–H and O–H groups in total. The highest BCUT2D eigenvalue weighted by Crippen LogP contribution is 2.39. The Morgan fingerprint density at radius 2 is 1.73 bits per heavy atom. The fourth-order valence-corrected chi connectivity index (χ4v) is 6.84. The number of nitrogen functional groups attached to an aromatic ring is 1. The molecule has 41 heavy (non-hydrogen) atoms. The molecule has 6 rings (SSSR count). The molecule has 0 radical (unpaired) electrons. The lowest BCUT2D eigenvalue weighted by Gasteiger charge is -2.42. The van der Waals surface area contributed by atoms with E-state index in [4.69, 9.17) is 15.2 Å². The zero-order chi connectivity index (χ0) is 28.3. The third-order valence-electron chi connectivity index (χ3n) is 9.45. The van der Waals surface area contributed by atoms with Crippen molar-refractivity contribution in [3.63, 3.8) is 0 Å². The van der Waals surface area contributed by atoms with Crippen LogP contribution in [0.25, 0.3) is 21.9 Å². The molecule has 8 nitrogen and oxygen atoms in total. The molecule has 8 heteroatoms. The number of aromatic nitrogens is 1. The van der Waals surface area contributed by atoms with Crippen molar-refractivity contribution in [2.75, 3.05) is 82.6 Å². The van der Waals surface area contributed by atoms with Crippen LogP contribution in [0.15, 0.2) is 36.5 Å². The minimum Gasteiger partial charge on any atom is -0.495 e. The monoisotopic (exact) mass is 558 g/mol. The number of aryl methyl sites for hydroxylation is 1. The molecule has 0 amide bonds. The maximum atomic E-state index is 6.43. The van der Waals surface area contributed by atoms with Crippen LogP contribution < -0.4 is 20.7 Å². The molecular weight excluding hydrogens is 512 g/mol. The van der Waals surface area contributed by atoms with Crippen LogP contribution in [0.4, 0.5) is 17.2 Å². The molecule has 0 spiro atoms. The Morgan fingerprint density at radius 1 is 0.976 bits per heavy atom. The number of hydrogen-bond acceptors (Lipinski definition) is 8. The number of piperidine rings is 1. The first kappa shape index (κ1) is 28.1. The van der Waals surface area contributed by atoms with E-state index in [2.05, 4.69) is 69.3 Å². The second-order valence-electron chi connectivity index (χ2n) is 11.9. The van der Waals surface area contributed by atoms with Crippen LogP contribution in [0.5, 0.6) is 5.75 Å². The molecule has 0 unspecified atom stereocenters. The summed E-state index contributed by atoms with van der Waals surface area (Å²) in [6.45, 7) is 10.7. The number of rotatable bonds is 7. The lowest BCUT2D eigenvalue weighted by molar-refractivity contribution is 0.0904. The Balaban J connectivity index is 1.26.